The number of amides is 1. The third-order valence-electron chi connectivity index (χ3n) is 6.61. The van der Waals surface area contributed by atoms with Crippen molar-refractivity contribution in [3.8, 4) is 17.5 Å². The number of ether oxygens (including phenoxy) is 3. The fourth-order valence-corrected chi connectivity index (χ4v) is 4.32. The Kier molecular flexibility index (Phi) is 12.4. The number of rotatable bonds is 8. The summed E-state index contributed by atoms with van der Waals surface area (Å²) in [6.07, 6.45) is 0.252. The number of alkyl halides is 3. The summed E-state index contributed by atoms with van der Waals surface area (Å²) in [6.45, 7) is 0.554. The molecule has 7 N–H and O–H groups in total. The van der Waals surface area contributed by atoms with Crippen molar-refractivity contribution in [2.24, 2.45) is 5.73 Å². The van der Waals surface area contributed by atoms with Gasteiger partial charge in [0.25, 0.3) is 5.91 Å². The number of carbonyl (C=O) groups is 1. The van der Waals surface area contributed by atoms with Crippen LogP contribution in [0.1, 0.15) is 54.4 Å². The number of nitrogens with one attached hydrogen (secondary N) is 5. The smallest absolute Gasteiger partial charge is 0.422 e. The van der Waals surface area contributed by atoms with Gasteiger partial charge in [0, 0.05) is 31.4 Å². The highest BCUT2D eigenvalue weighted by Crippen LogP contribution is 2.27. The Morgan fingerprint density at radius 3 is 2.35 bits per heavy atom. The van der Waals surface area contributed by atoms with E-state index in [4.69, 9.17) is 25.4 Å². The fourth-order valence-electron chi connectivity index (χ4n) is 4.32. The second kappa shape index (κ2) is 16.9. The van der Waals surface area contributed by atoms with E-state index in [2.05, 4.69) is 36.2 Å². The quantitative estimate of drug-likeness (QED) is 0.115. The maximum atomic E-state index is 13.1. The van der Waals surface area contributed by atoms with E-state index >= 15 is 0 Å². The number of aromatic nitrogens is 3. The number of guanidine groups is 1. The van der Waals surface area contributed by atoms with Crippen molar-refractivity contribution in [2.45, 2.75) is 51.2 Å². The minimum atomic E-state index is -4.59. The largest absolute Gasteiger partial charge is 0.494 e. The van der Waals surface area contributed by atoms with E-state index in [1.807, 2.05) is 24.3 Å². The average molecular weight is 646 g/mol. The van der Waals surface area contributed by atoms with Gasteiger partial charge in [0.15, 0.2) is 12.6 Å². The molecular weight excluding hydrogens is 607 g/mol. The van der Waals surface area contributed by atoms with Crippen molar-refractivity contribution in [1.82, 2.24) is 25.6 Å². The minimum absolute atomic E-state index is 0.00753. The average Bonchev–Trinajstić information content (AvgIpc) is 3.01. The maximum absolute atomic E-state index is 13.1. The lowest BCUT2D eigenvalue weighted by atomic mass is 10.1. The summed E-state index contributed by atoms with van der Waals surface area (Å²) in [4.78, 5) is 25.4. The first-order valence-electron chi connectivity index (χ1n) is 15.0. The molecule has 0 aliphatic carbocycles. The zero-order valence-electron chi connectivity index (χ0n) is 25.2. The van der Waals surface area contributed by atoms with Crippen LogP contribution in [0.5, 0.6) is 17.5 Å². The molecule has 0 saturated heterocycles. The van der Waals surface area contributed by atoms with Crippen LogP contribution < -0.4 is 41.2 Å². The molecule has 1 amide bonds. The molecule has 16 heteroatoms. The van der Waals surface area contributed by atoms with Gasteiger partial charge in [-0.05, 0) is 68.4 Å². The monoisotopic (exact) mass is 645 g/mol. The van der Waals surface area contributed by atoms with Crippen molar-refractivity contribution in [1.29, 1.82) is 5.41 Å². The van der Waals surface area contributed by atoms with Gasteiger partial charge in [-0.25, -0.2) is 0 Å². The molecule has 46 heavy (non-hydrogen) atoms. The van der Waals surface area contributed by atoms with Gasteiger partial charge in [0.05, 0.1) is 18.8 Å². The van der Waals surface area contributed by atoms with E-state index in [1.165, 1.54) is 0 Å². The lowest BCUT2D eigenvalue weighted by molar-refractivity contribution is -0.154. The van der Waals surface area contributed by atoms with Gasteiger partial charge in [-0.1, -0.05) is 12.1 Å². The maximum Gasteiger partial charge on any atom is 0.422 e. The number of nitrogens with zero attached hydrogens (tertiary/aromatic N) is 3. The molecule has 5 rings (SSSR count). The van der Waals surface area contributed by atoms with E-state index in [-0.39, 0.29) is 30.3 Å². The number of halogens is 3. The predicted octanol–water partition coefficient (Wildman–Crippen LogP) is 4.49. The molecule has 2 aliphatic rings. The molecule has 0 atom stereocenters. The van der Waals surface area contributed by atoms with E-state index in [0.29, 0.717) is 56.1 Å². The van der Waals surface area contributed by atoms with Crippen LogP contribution in [-0.4, -0.2) is 65.9 Å². The number of carbonyl (C=O) groups excluding carboxylic acids is 1. The van der Waals surface area contributed by atoms with Gasteiger partial charge in [-0.2, -0.15) is 28.1 Å². The predicted molar refractivity (Wildman–Crippen MR) is 166 cm³/mol. The molecule has 248 valence electrons. The Labute approximate surface area is 264 Å². The van der Waals surface area contributed by atoms with Crippen LogP contribution in [0, 0.1) is 5.41 Å². The van der Waals surface area contributed by atoms with E-state index in [9.17, 15) is 18.0 Å². The third-order valence-corrected chi connectivity index (χ3v) is 6.61. The molecule has 1 aromatic heterocycles. The molecule has 2 aromatic carbocycles. The van der Waals surface area contributed by atoms with Gasteiger partial charge >= 0.3 is 12.2 Å². The summed E-state index contributed by atoms with van der Waals surface area (Å²) in [7, 11) is 0. The first-order chi connectivity index (χ1) is 22.1. The summed E-state index contributed by atoms with van der Waals surface area (Å²) in [5.41, 5.74) is 6.90. The summed E-state index contributed by atoms with van der Waals surface area (Å²) in [5, 5.41) is 18.8. The molecule has 0 fully saturated rings. The second-order valence-corrected chi connectivity index (χ2v) is 10.4. The number of hydrogen-bond donors (Lipinski definition) is 6. The zero-order valence-corrected chi connectivity index (χ0v) is 25.2. The van der Waals surface area contributed by atoms with Gasteiger partial charge in [0.1, 0.15) is 11.5 Å². The Morgan fingerprint density at radius 1 is 0.935 bits per heavy atom. The number of anilines is 3. The van der Waals surface area contributed by atoms with Gasteiger partial charge in [-0.3, -0.25) is 10.2 Å². The molecule has 0 spiro atoms. The highest BCUT2D eigenvalue weighted by molar-refractivity contribution is 5.97. The summed E-state index contributed by atoms with van der Waals surface area (Å²) >= 11 is 0. The Bertz CT molecular complexity index is 1440. The first-order valence-corrected chi connectivity index (χ1v) is 15.0. The third kappa shape index (κ3) is 11.8. The SMILES string of the molecule is N=C(N)NCCCCNC(=O)c1ccc2cc1OCCCCCCOc1ccc(cc1)CNc1nc(nc(OCC(F)(F)F)n1)N2. The number of fused-ring (bicyclic) bond motifs is 10. The minimum Gasteiger partial charge on any atom is -0.494 e. The molecule has 6 bridgehead atoms. The highest BCUT2D eigenvalue weighted by atomic mass is 19.4. The van der Waals surface area contributed by atoms with E-state index in [1.54, 1.807) is 18.2 Å². The van der Waals surface area contributed by atoms with Gasteiger partial charge < -0.3 is 41.2 Å². The standard InChI is InChI=1S/C30H38F3N9O4/c31-30(32,33)19-46-29-41-27-38-18-20-7-10-22(11-8-20)44-15-5-1-2-6-16-45-24-17-21(39-28(40-27)42-29)9-12-23(24)25(43)36-13-3-4-14-37-26(34)35/h7-12,17H,1-6,13-16,18-19H2,(H,36,43)(H4,34,35,37)(H2,38,39,40,41,42). The van der Waals surface area contributed by atoms with Crippen molar-refractivity contribution in [2.75, 3.05) is 43.5 Å². The number of unbranched alkanes of at least 4 members (excludes halogenated alkanes) is 1. The van der Waals surface area contributed by atoms with Crippen LogP contribution in [0.2, 0.25) is 0 Å². The van der Waals surface area contributed by atoms with Crippen molar-refractivity contribution < 1.29 is 32.2 Å². The Hall–Kier alpha value is -5.02. The summed E-state index contributed by atoms with van der Waals surface area (Å²) < 4.78 is 55.4. The van der Waals surface area contributed by atoms with Crippen LogP contribution in [0.3, 0.4) is 0 Å². The van der Waals surface area contributed by atoms with E-state index < -0.39 is 18.8 Å². The molecule has 2 aliphatic heterocycles. The molecule has 0 unspecified atom stereocenters. The number of nitrogens with two attached hydrogens (primary N) is 1. The van der Waals surface area contributed by atoms with Crippen molar-refractivity contribution in [3.05, 3.63) is 53.6 Å². The molecule has 13 nitrogen and oxygen atoms in total. The number of benzene rings is 2. The number of hydrogen-bond acceptors (Lipinski definition) is 10. The molecule has 0 radical (unpaired) electrons. The molecule has 3 aromatic rings. The van der Waals surface area contributed by atoms with E-state index in [0.717, 1.165) is 37.0 Å². The van der Waals surface area contributed by atoms with Crippen LogP contribution in [-0.2, 0) is 6.54 Å². The van der Waals surface area contributed by atoms with Gasteiger partial charge in [-0.15, -0.1) is 0 Å². The van der Waals surface area contributed by atoms with Crippen molar-refractivity contribution in [3.63, 3.8) is 0 Å². The summed E-state index contributed by atoms with van der Waals surface area (Å²) in [6, 6.07) is 11.7. The van der Waals surface area contributed by atoms with Crippen LogP contribution in [0.25, 0.3) is 0 Å². The molecule has 0 saturated carbocycles. The van der Waals surface area contributed by atoms with Crippen LogP contribution in [0.15, 0.2) is 42.5 Å². The van der Waals surface area contributed by atoms with Crippen molar-refractivity contribution >= 4 is 29.5 Å². The first kappa shape index (κ1) is 33.9. The lowest BCUT2D eigenvalue weighted by Gasteiger charge is -2.15. The Balaban J connectivity index is 1.54. The zero-order chi connectivity index (χ0) is 32.8. The molecular formula is C30H38F3N9O4. The lowest BCUT2D eigenvalue weighted by Crippen LogP contribution is -2.31. The molecule has 3 heterocycles. The summed E-state index contributed by atoms with van der Waals surface area (Å²) in [5.74, 6) is 0.526. The normalized spacial score (nSPS) is 13.9. The topological polar surface area (TPSA) is 181 Å². The van der Waals surface area contributed by atoms with Crippen LogP contribution >= 0.6 is 0 Å². The van der Waals surface area contributed by atoms with Gasteiger partial charge in [0.2, 0.25) is 11.9 Å². The van der Waals surface area contributed by atoms with Crippen LogP contribution in [0.4, 0.5) is 30.8 Å². The second-order valence-electron chi connectivity index (χ2n) is 10.4. The fraction of sp³-hybridized carbons (Fsp3) is 0.433. The highest BCUT2D eigenvalue weighted by Gasteiger charge is 2.29. The Morgan fingerprint density at radius 2 is 1.63 bits per heavy atom.